The number of unbranched alkanes of at least 4 members (excludes halogenated alkanes) is 4. The van der Waals surface area contributed by atoms with Gasteiger partial charge in [0.1, 0.15) is 5.75 Å². The summed E-state index contributed by atoms with van der Waals surface area (Å²) >= 11 is 6.10. The van der Waals surface area contributed by atoms with E-state index in [0.717, 1.165) is 25.9 Å². The molecule has 1 aromatic rings. The predicted molar refractivity (Wildman–Crippen MR) is 105 cm³/mol. The molecule has 1 atom stereocenters. The maximum atomic E-state index is 12.6. The summed E-state index contributed by atoms with van der Waals surface area (Å²) in [5.74, 6) is 0.240. The second-order valence-electron chi connectivity index (χ2n) is 6.54. The van der Waals surface area contributed by atoms with Crippen LogP contribution in [0.25, 0.3) is 0 Å². The Hall–Kier alpha value is -1.50. The Labute approximate surface area is 160 Å². The number of benzene rings is 1. The van der Waals surface area contributed by atoms with Crippen molar-refractivity contribution >= 4 is 23.2 Å². The average Bonchev–Trinajstić information content (AvgIpc) is 2.66. The summed E-state index contributed by atoms with van der Waals surface area (Å²) in [6.07, 6.45) is 5.68. The first-order chi connectivity index (χ1) is 12.6. The van der Waals surface area contributed by atoms with E-state index in [1.165, 1.54) is 19.3 Å². The molecule has 1 heterocycles. The van der Waals surface area contributed by atoms with Gasteiger partial charge in [0.25, 0.3) is 5.91 Å². The summed E-state index contributed by atoms with van der Waals surface area (Å²) in [4.78, 5) is 12.6. The van der Waals surface area contributed by atoms with Gasteiger partial charge in [-0.2, -0.15) is 0 Å². The van der Waals surface area contributed by atoms with E-state index >= 15 is 0 Å². The number of rotatable bonds is 10. The summed E-state index contributed by atoms with van der Waals surface area (Å²) in [5, 5.41) is 6.48. The normalized spacial score (nSPS) is 17.1. The molecule has 1 saturated heterocycles. The number of hydrogen-bond donors (Lipinski definition) is 3. The molecule has 7 heteroatoms. The first-order valence-electron chi connectivity index (χ1n) is 9.44. The number of nitrogen functional groups attached to an aromatic ring is 1. The molecule has 1 amide bonds. The van der Waals surface area contributed by atoms with Crippen LogP contribution in [0.5, 0.6) is 5.75 Å². The van der Waals surface area contributed by atoms with E-state index < -0.39 is 0 Å². The van der Waals surface area contributed by atoms with Crippen LogP contribution in [0.2, 0.25) is 5.02 Å². The molecule has 6 nitrogen and oxygen atoms in total. The lowest BCUT2D eigenvalue weighted by Crippen LogP contribution is -2.45. The van der Waals surface area contributed by atoms with E-state index in [0.29, 0.717) is 41.8 Å². The number of carbonyl (C=O) groups excluding carboxylic acids is 1. The molecule has 26 heavy (non-hydrogen) atoms. The standard InChI is InChI=1S/C19H30ClN3O3/c1-2-3-4-5-6-8-26-18-11-17(21)16(20)10-15(18)19(24)23-13-14-12-22-7-9-25-14/h10-11,14,22H,2-9,12-13,21H2,1H3,(H,23,24). The van der Waals surface area contributed by atoms with E-state index in [1.54, 1.807) is 12.1 Å². The smallest absolute Gasteiger partial charge is 0.255 e. The van der Waals surface area contributed by atoms with Gasteiger partial charge in [-0.25, -0.2) is 0 Å². The number of anilines is 1. The molecular weight excluding hydrogens is 354 g/mol. The minimum Gasteiger partial charge on any atom is -0.493 e. The summed E-state index contributed by atoms with van der Waals surface area (Å²) in [6, 6.07) is 3.20. The van der Waals surface area contributed by atoms with Crippen LogP contribution in [-0.2, 0) is 4.74 Å². The highest BCUT2D eigenvalue weighted by molar-refractivity contribution is 6.33. The lowest BCUT2D eigenvalue weighted by atomic mass is 10.1. The summed E-state index contributed by atoms with van der Waals surface area (Å²) in [5.41, 5.74) is 6.69. The van der Waals surface area contributed by atoms with Crippen LogP contribution in [0.1, 0.15) is 49.4 Å². The van der Waals surface area contributed by atoms with Crippen LogP contribution in [0.15, 0.2) is 12.1 Å². The Bertz CT molecular complexity index is 577. The van der Waals surface area contributed by atoms with Gasteiger partial charge in [-0.15, -0.1) is 0 Å². The average molecular weight is 384 g/mol. The molecule has 0 aliphatic carbocycles. The van der Waals surface area contributed by atoms with Crippen LogP contribution in [0, 0.1) is 0 Å². The lowest BCUT2D eigenvalue weighted by molar-refractivity contribution is 0.0287. The molecule has 1 aliphatic rings. The summed E-state index contributed by atoms with van der Waals surface area (Å²) in [6.45, 7) is 5.40. The van der Waals surface area contributed by atoms with Crippen molar-refractivity contribution in [3.05, 3.63) is 22.7 Å². The van der Waals surface area contributed by atoms with Crippen molar-refractivity contribution in [1.29, 1.82) is 0 Å². The van der Waals surface area contributed by atoms with Crippen molar-refractivity contribution in [3.8, 4) is 5.75 Å². The molecule has 1 unspecified atom stereocenters. The summed E-state index contributed by atoms with van der Waals surface area (Å²) in [7, 11) is 0. The van der Waals surface area contributed by atoms with Crippen molar-refractivity contribution in [2.24, 2.45) is 0 Å². The number of nitrogens with one attached hydrogen (secondary N) is 2. The minimum atomic E-state index is -0.234. The van der Waals surface area contributed by atoms with E-state index in [1.807, 2.05) is 0 Å². The van der Waals surface area contributed by atoms with Crippen LogP contribution >= 0.6 is 11.6 Å². The van der Waals surface area contributed by atoms with Gasteiger partial charge in [0.15, 0.2) is 0 Å². The highest BCUT2D eigenvalue weighted by Gasteiger charge is 2.18. The van der Waals surface area contributed by atoms with Crippen molar-refractivity contribution in [2.45, 2.75) is 45.1 Å². The van der Waals surface area contributed by atoms with Crippen LogP contribution < -0.4 is 21.1 Å². The third-order valence-electron chi connectivity index (χ3n) is 4.34. The predicted octanol–water partition coefficient (Wildman–Crippen LogP) is 2.99. The van der Waals surface area contributed by atoms with Crippen molar-refractivity contribution in [1.82, 2.24) is 10.6 Å². The number of hydrogen-bond acceptors (Lipinski definition) is 5. The zero-order valence-electron chi connectivity index (χ0n) is 15.5. The molecule has 0 aromatic heterocycles. The first-order valence-corrected chi connectivity index (χ1v) is 9.82. The van der Waals surface area contributed by atoms with E-state index in [4.69, 9.17) is 26.8 Å². The molecule has 4 N–H and O–H groups in total. The van der Waals surface area contributed by atoms with Crippen molar-refractivity contribution in [2.75, 3.05) is 38.6 Å². The zero-order valence-corrected chi connectivity index (χ0v) is 16.2. The second-order valence-corrected chi connectivity index (χ2v) is 6.95. The Morgan fingerprint density at radius 1 is 1.38 bits per heavy atom. The number of nitrogens with two attached hydrogens (primary N) is 1. The van der Waals surface area contributed by atoms with E-state index in [9.17, 15) is 4.79 Å². The van der Waals surface area contributed by atoms with Gasteiger partial charge in [0, 0.05) is 25.7 Å². The summed E-state index contributed by atoms with van der Waals surface area (Å²) < 4.78 is 11.4. The molecule has 1 fully saturated rings. The molecule has 0 saturated carbocycles. The molecule has 146 valence electrons. The number of morpholine rings is 1. The highest BCUT2D eigenvalue weighted by atomic mass is 35.5. The third kappa shape index (κ3) is 6.67. The number of amides is 1. The molecule has 0 spiro atoms. The highest BCUT2D eigenvalue weighted by Crippen LogP contribution is 2.29. The largest absolute Gasteiger partial charge is 0.493 e. The van der Waals surface area contributed by atoms with Gasteiger partial charge >= 0.3 is 0 Å². The molecule has 0 bridgehead atoms. The van der Waals surface area contributed by atoms with Crippen LogP contribution in [0.4, 0.5) is 5.69 Å². The topological polar surface area (TPSA) is 85.6 Å². The lowest BCUT2D eigenvalue weighted by Gasteiger charge is -2.24. The third-order valence-corrected chi connectivity index (χ3v) is 4.67. The van der Waals surface area contributed by atoms with Gasteiger partial charge in [-0.3, -0.25) is 4.79 Å². The van der Waals surface area contributed by atoms with Gasteiger partial charge in [0.2, 0.25) is 0 Å². The maximum Gasteiger partial charge on any atom is 0.255 e. The maximum absolute atomic E-state index is 12.6. The molecule has 0 radical (unpaired) electrons. The van der Waals surface area contributed by atoms with E-state index in [2.05, 4.69) is 17.6 Å². The van der Waals surface area contributed by atoms with Gasteiger partial charge in [-0.05, 0) is 12.5 Å². The number of halogens is 1. The Kier molecular flexibility index (Phi) is 9.01. The molecule has 2 rings (SSSR count). The number of carbonyl (C=O) groups is 1. The number of ether oxygens (including phenoxy) is 2. The Morgan fingerprint density at radius 3 is 2.92 bits per heavy atom. The van der Waals surface area contributed by atoms with Gasteiger partial charge in [-0.1, -0.05) is 44.2 Å². The SMILES string of the molecule is CCCCCCCOc1cc(N)c(Cl)cc1C(=O)NCC1CNCCO1. The van der Waals surface area contributed by atoms with E-state index in [-0.39, 0.29) is 12.0 Å². The Balaban J connectivity index is 1.91. The molecular formula is C19H30ClN3O3. The van der Waals surface area contributed by atoms with Gasteiger partial charge in [0.05, 0.1) is 35.6 Å². The van der Waals surface area contributed by atoms with Crippen LogP contribution in [0.3, 0.4) is 0 Å². The molecule has 1 aliphatic heterocycles. The molecule has 1 aromatic carbocycles. The quantitative estimate of drug-likeness (QED) is 0.427. The van der Waals surface area contributed by atoms with Crippen molar-refractivity contribution < 1.29 is 14.3 Å². The first kappa shape index (κ1) is 20.8. The monoisotopic (exact) mass is 383 g/mol. The fourth-order valence-corrected chi connectivity index (χ4v) is 2.97. The van der Waals surface area contributed by atoms with Crippen LogP contribution in [-0.4, -0.2) is 44.9 Å². The fraction of sp³-hybridized carbons (Fsp3) is 0.632. The second kappa shape index (κ2) is 11.3. The van der Waals surface area contributed by atoms with Gasteiger partial charge < -0.3 is 25.8 Å². The zero-order chi connectivity index (χ0) is 18.8. The van der Waals surface area contributed by atoms with Crippen molar-refractivity contribution in [3.63, 3.8) is 0 Å². The fourth-order valence-electron chi connectivity index (χ4n) is 2.81. The Morgan fingerprint density at radius 2 is 2.19 bits per heavy atom. The minimum absolute atomic E-state index is 0.0279.